The lowest BCUT2D eigenvalue weighted by atomic mass is 10.1. The van der Waals surface area contributed by atoms with Crippen molar-refractivity contribution in [2.75, 3.05) is 0 Å². The van der Waals surface area contributed by atoms with E-state index in [9.17, 15) is 9.18 Å². The van der Waals surface area contributed by atoms with Gasteiger partial charge >= 0.3 is 0 Å². The number of rotatable bonds is 4. The molecule has 20 heavy (non-hydrogen) atoms. The van der Waals surface area contributed by atoms with E-state index in [4.69, 9.17) is 10.6 Å². The van der Waals surface area contributed by atoms with E-state index >= 15 is 0 Å². The number of aryl methyl sites for hydroxylation is 1. The molecule has 104 valence electrons. The summed E-state index contributed by atoms with van der Waals surface area (Å²) in [4.78, 5) is 11.3. The second kappa shape index (κ2) is 6.16. The molecule has 2 aromatic carbocycles. The van der Waals surface area contributed by atoms with Crippen LogP contribution in [0.4, 0.5) is 4.39 Å². The molecule has 0 bridgehead atoms. The summed E-state index contributed by atoms with van der Waals surface area (Å²) >= 11 is 0. The van der Waals surface area contributed by atoms with Gasteiger partial charge in [0, 0.05) is 5.56 Å². The molecular formula is C15H15FN2O2. The van der Waals surface area contributed by atoms with Gasteiger partial charge in [0.1, 0.15) is 6.61 Å². The van der Waals surface area contributed by atoms with E-state index in [-0.39, 0.29) is 18.3 Å². The number of nitrogens with one attached hydrogen (secondary N) is 1. The Balaban J connectivity index is 2.04. The van der Waals surface area contributed by atoms with Crippen LogP contribution in [-0.4, -0.2) is 5.91 Å². The van der Waals surface area contributed by atoms with Crippen LogP contribution in [0.25, 0.3) is 0 Å². The molecule has 0 aliphatic carbocycles. The summed E-state index contributed by atoms with van der Waals surface area (Å²) in [5.74, 6) is 4.51. The number of ether oxygens (including phenoxy) is 1. The third-order valence-electron chi connectivity index (χ3n) is 2.83. The molecule has 0 aromatic heterocycles. The molecule has 0 fully saturated rings. The molecule has 5 heteroatoms. The smallest absolute Gasteiger partial charge is 0.265 e. The van der Waals surface area contributed by atoms with Gasteiger partial charge in [-0.15, -0.1) is 0 Å². The number of nitrogens with two attached hydrogens (primary N) is 1. The van der Waals surface area contributed by atoms with E-state index in [0.29, 0.717) is 5.56 Å². The Bertz CT molecular complexity index is 612. The van der Waals surface area contributed by atoms with Gasteiger partial charge in [-0.05, 0) is 42.3 Å². The van der Waals surface area contributed by atoms with E-state index in [1.165, 1.54) is 6.07 Å². The fourth-order valence-electron chi connectivity index (χ4n) is 1.72. The van der Waals surface area contributed by atoms with Crippen molar-refractivity contribution < 1.29 is 13.9 Å². The van der Waals surface area contributed by atoms with Crippen LogP contribution in [0.2, 0.25) is 0 Å². The minimum atomic E-state index is -0.394. The summed E-state index contributed by atoms with van der Waals surface area (Å²) in [6.45, 7) is 2.09. The number of carbonyl (C=O) groups is 1. The average Bonchev–Trinajstić information content (AvgIpc) is 2.48. The molecule has 0 aliphatic heterocycles. The molecule has 4 nitrogen and oxygen atoms in total. The van der Waals surface area contributed by atoms with Crippen molar-refractivity contribution in [1.82, 2.24) is 5.43 Å². The first-order valence-electron chi connectivity index (χ1n) is 6.09. The third kappa shape index (κ3) is 3.33. The van der Waals surface area contributed by atoms with Crippen LogP contribution in [0.3, 0.4) is 0 Å². The van der Waals surface area contributed by atoms with E-state index in [1.807, 2.05) is 6.92 Å². The SMILES string of the molecule is Cc1ccc(F)c(OCc2ccc(C(=O)NN)cc2)c1. The van der Waals surface area contributed by atoms with Gasteiger partial charge in [-0.2, -0.15) is 0 Å². The number of halogens is 1. The highest BCUT2D eigenvalue weighted by molar-refractivity contribution is 5.93. The van der Waals surface area contributed by atoms with E-state index in [0.717, 1.165) is 11.1 Å². The fourth-order valence-corrected chi connectivity index (χ4v) is 1.72. The maximum absolute atomic E-state index is 13.5. The molecule has 0 spiro atoms. The van der Waals surface area contributed by atoms with Crippen LogP contribution in [0.5, 0.6) is 5.75 Å². The zero-order valence-corrected chi connectivity index (χ0v) is 11.0. The van der Waals surface area contributed by atoms with Crippen LogP contribution in [-0.2, 0) is 6.61 Å². The molecule has 0 aliphatic rings. The van der Waals surface area contributed by atoms with Crippen molar-refractivity contribution >= 4 is 5.91 Å². The molecule has 0 saturated heterocycles. The fraction of sp³-hybridized carbons (Fsp3) is 0.133. The highest BCUT2D eigenvalue weighted by Crippen LogP contribution is 2.19. The van der Waals surface area contributed by atoms with E-state index in [1.54, 1.807) is 36.4 Å². The first-order chi connectivity index (χ1) is 9.60. The maximum atomic E-state index is 13.5. The summed E-state index contributed by atoms with van der Waals surface area (Å²) in [7, 11) is 0. The van der Waals surface area contributed by atoms with Crippen molar-refractivity contribution in [3.63, 3.8) is 0 Å². The third-order valence-corrected chi connectivity index (χ3v) is 2.83. The average molecular weight is 274 g/mol. The van der Waals surface area contributed by atoms with Gasteiger partial charge in [0.25, 0.3) is 5.91 Å². The summed E-state index contributed by atoms with van der Waals surface area (Å²) < 4.78 is 18.9. The van der Waals surface area contributed by atoms with Gasteiger partial charge in [-0.1, -0.05) is 18.2 Å². The van der Waals surface area contributed by atoms with Crippen molar-refractivity contribution in [3.05, 3.63) is 65.0 Å². The number of carbonyl (C=O) groups excluding carboxylic acids is 1. The number of hydrogen-bond acceptors (Lipinski definition) is 3. The van der Waals surface area contributed by atoms with Gasteiger partial charge < -0.3 is 4.74 Å². The summed E-state index contributed by atoms with van der Waals surface area (Å²) in [6.07, 6.45) is 0. The Kier molecular flexibility index (Phi) is 4.32. The van der Waals surface area contributed by atoms with Crippen LogP contribution in [0.1, 0.15) is 21.5 Å². The Morgan fingerprint density at radius 1 is 1.25 bits per heavy atom. The molecule has 2 rings (SSSR count). The Morgan fingerprint density at radius 2 is 1.95 bits per heavy atom. The monoisotopic (exact) mass is 274 g/mol. The van der Waals surface area contributed by atoms with Gasteiger partial charge in [-0.25, -0.2) is 10.2 Å². The molecule has 0 unspecified atom stereocenters. The lowest BCUT2D eigenvalue weighted by molar-refractivity contribution is 0.0953. The van der Waals surface area contributed by atoms with Gasteiger partial charge in [0.05, 0.1) is 0 Å². The number of hydrogen-bond donors (Lipinski definition) is 2. The van der Waals surface area contributed by atoms with Crippen molar-refractivity contribution in [2.45, 2.75) is 13.5 Å². The number of nitrogen functional groups attached to an aromatic ring is 1. The zero-order chi connectivity index (χ0) is 14.5. The maximum Gasteiger partial charge on any atom is 0.265 e. The van der Waals surface area contributed by atoms with Crippen LogP contribution >= 0.6 is 0 Å². The number of hydrazine groups is 1. The van der Waals surface area contributed by atoms with Crippen LogP contribution in [0.15, 0.2) is 42.5 Å². The summed E-state index contributed by atoms with van der Waals surface area (Å²) in [5.41, 5.74) is 4.27. The predicted molar refractivity (Wildman–Crippen MR) is 73.6 cm³/mol. The Morgan fingerprint density at radius 3 is 2.60 bits per heavy atom. The molecule has 1 amide bonds. The van der Waals surface area contributed by atoms with Crippen LogP contribution in [0, 0.1) is 12.7 Å². The quantitative estimate of drug-likeness (QED) is 0.511. The van der Waals surface area contributed by atoms with Crippen LogP contribution < -0.4 is 16.0 Å². The lowest BCUT2D eigenvalue weighted by Gasteiger charge is -2.08. The van der Waals surface area contributed by atoms with Crippen molar-refractivity contribution in [1.29, 1.82) is 0 Å². The highest BCUT2D eigenvalue weighted by atomic mass is 19.1. The minimum absolute atomic E-state index is 0.216. The Hall–Kier alpha value is -2.40. The van der Waals surface area contributed by atoms with Gasteiger partial charge in [0.2, 0.25) is 0 Å². The first kappa shape index (κ1) is 14.0. The molecule has 0 heterocycles. The first-order valence-corrected chi connectivity index (χ1v) is 6.09. The molecule has 0 saturated carbocycles. The standard InChI is InChI=1S/C15H15FN2O2/c1-10-2-7-13(16)14(8-10)20-9-11-3-5-12(6-4-11)15(19)18-17/h2-8H,9,17H2,1H3,(H,18,19). The largest absolute Gasteiger partial charge is 0.486 e. The zero-order valence-electron chi connectivity index (χ0n) is 11.0. The number of benzene rings is 2. The normalized spacial score (nSPS) is 10.2. The minimum Gasteiger partial charge on any atom is -0.486 e. The summed E-state index contributed by atoms with van der Waals surface area (Å²) in [6, 6.07) is 11.4. The van der Waals surface area contributed by atoms with E-state index in [2.05, 4.69) is 5.43 Å². The Labute approximate surface area is 116 Å². The molecule has 0 radical (unpaired) electrons. The second-order valence-electron chi connectivity index (χ2n) is 4.39. The molecule has 0 atom stereocenters. The predicted octanol–water partition coefficient (Wildman–Crippen LogP) is 2.32. The van der Waals surface area contributed by atoms with Crippen molar-refractivity contribution in [3.8, 4) is 5.75 Å². The number of amides is 1. The van der Waals surface area contributed by atoms with Crippen molar-refractivity contribution in [2.24, 2.45) is 5.84 Å². The topological polar surface area (TPSA) is 64.3 Å². The van der Waals surface area contributed by atoms with E-state index < -0.39 is 5.82 Å². The lowest BCUT2D eigenvalue weighted by Crippen LogP contribution is -2.29. The molecule has 2 aromatic rings. The second-order valence-corrected chi connectivity index (χ2v) is 4.39. The summed E-state index contributed by atoms with van der Waals surface area (Å²) in [5, 5.41) is 0. The molecule has 3 N–H and O–H groups in total. The molecular weight excluding hydrogens is 259 g/mol. The highest BCUT2D eigenvalue weighted by Gasteiger charge is 2.05. The van der Waals surface area contributed by atoms with Gasteiger partial charge in [0.15, 0.2) is 11.6 Å². The van der Waals surface area contributed by atoms with Gasteiger partial charge in [-0.3, -0.25) is 10.2 Å².